The Morgan fingerprint density at radius 1 is 1.30 bits per heavy atom. The largest absolute Gasteiger partial charge is 0.293 e. The molecule has 1 aliphatic rings. The van der Waals surface area contributed by atoms with Crippen molar-refractivity contribution in [1.82, 2.24) is 9.78 Å². The Kier molecular flexibility index (Phi) is 3.09. The molecule has 1 aliphatic carbocycles. The molecule has 2 aromatic rings. The summed E-state index contributed by atoms with van der Waals surface area (Å²) >= 11 is 3.56. The minimum absolute atomic E-state index is 0.108. The lowest BCUT2D eigenvalue weighted by Crippen LogP contribution is -2.39. The van der Waals surface area contributed by atoms with Crippen molar-refractivity contribution < 1.29 is 4.79 Å². The Morgan fingerprint density at radius 3 is 2.60 bits per heavy atom. The zero-order valence-corrected chi connectivity index (χ0v) is 13.4. The van der Waals surface area contributed by atoms with Crippen LogP contribution in [0.3, 0.4) is 0 Å². The van der Waals surface area contributed by atoms with E-state index < -0.39 is 0 Å². The lowest BCUT2D eigenvalue weighted by molar-refractivity contribution is 0.0927. The smallest absolute Gasteiger partial charge is 0.180 e. The highest BCUT2D eigenvalue weighted by molar-refractivity contribution is 9.10. The summed E-state index contributed by atoms with van der Waals surface area (Å²) in [5.74, 6) is 0.149. The fourth-order valence-electron chi connectivity index (χ4n) is 2.84. The number of carbonyl (C=O) groups excluding carboxylic acids is 1. The molecule has 1 atom stereocenters. The van der Waals surface area contributed by atoms with Crippen LogP contribution in [-0.4, -0.2) is 20.4 Å². The predicted molar refractivity (Wildman–Crippen MR) is 82.8 cm³/mol. The van der Waals surface area contributed by atoms with Gasteiger partial charge in [0.2, 0.25) is 0 Å². The number of rotatable bonds is 1. The highest BCUT2D eigenvalue weighted by Gasteiger charge is 2.42. The number of aromatic nitrogens is 2. The van der Waals surface area contributed by atoms with E-state index in [4.69, 9.17) is 0 Å². The van der Waals surface area contributed by atoms with E-state index in [0.717, 1.165) is 29.1 Å². The van der Waals surface area contributed by atoms with Crippen molar-refractivity contribution in [3.63, 3.8) is 0 Å². The van der Waals surface area contributed by atoms with Crippen molar-refractivity contribution in [2.24, 2.45) is 5.41 Å². The summed E-state index contributed by atoms with van der Waals surface area (Å²) in [5, 5.41) is 4.59. The van der Waals surface area contributed by atoms with Crippen LogP contribution >= 0.6 is 15.9 Å². The first-order valence-corrected chi connectivity index (χ1v) is 7.65. The van der Waals surface area contributed by atoms with E-state index in [0.29, 0.717) is 0 Å². The number of ketones is 1. The van der Waals surface area contributed by atoms with Crippen LogP contribution in [0.25, 0.3) is 5.69 Å². The summed E-state index contributed by atoms with van der Waals surface area (Å²) in [6, 6.07) is 9.99. The molecule has 0 aliphatic heterocycles. The molecular weight excluding hydrogens is 316 g/mol. The Hall–Kier alpha value is -1.42. The van der Waals surface area contributed by atoms with Crippen LogP contribution < -0.4 is 0 Å². The molecule has 0 N–H and O–H groups in total. The number of para-hydroxylation sites is 1. The summed E-state index contributed by atoms with van der Waals surface area (Å²) in [6.45, 7) is 6.14. The van der Waals surface area contributed by atoms with Gasteiger partial charge in [-0.15, -0.1) is 0 Å². The van der Waals surface area contributed by atoms with Crippen LogP contribution in [0.5, 0.6) is 0 Å². The minimum atomic E-state index is -0.144. The SMILES string of the molecule is Cc1nn(-c2ccccc2)c2c1C(=O)C(Br)C(C)(C)C2. The number of fused-ring (bicyclic) bond motifs is 1. The van der Waals surface area contributed by atoms with Gasteiger partial charge in [0.05, 0.1) is 27.5 Å². The first-order valence-electron chi connectivity index (χ1n) is 6.74. The Morgan fingerprint density at radius 2 is 1.95 bits per heavy atom. The summed E-state index contributed by atoms with van der Waals surface area (Å²) in [4.78, 5) is 12.5. The van der Waals surface area contributed by atoms with Crippen molar-refractivity contribution in [3.8, 4) is 5.69 Å². The highest BCUT2D eigenvalue weighted by atomic mass is 79.9. The first kappa shape index (κ1) is 13.6. The number of hydrogen-bond donors (Lipinski definition) is 0. The fourth-order valence-corrected chi connectivity index (χ4v) is 3.24. The molecule has 104 valence electrons. The second-order valence-corrected chi connectivity index (χ2v) is 6.96. The van der Waals surface area contributed by atoms with Crippen molar-refractivity contribution in [1.29, 1.82) is 0 Å². The van der Waals surface area contributed by atoms with Gasteiger partial charge >= 0.3 is 0 Å². The molecule has 20 heavy (non-hydrogen) atoms. The molecule has 0 fully saturated rings. The zero-order valence-electron chi connectivity index (χ0n) is 11.9. The van der Waals surface area contributed by atoms with Crippen LogP contribution in [0, 0.1) is 12.3 Å². The molecule has 0 amide bonds. The third kappa shape index (κ3) is 1.94. The maximum Gasteiger partial charge on any atom is 0.180 e. The van der Waals surface area contributed by atoms with Gasteiger partial charge < -0.3 is 0 Å². The van der Waals surface area contributed by atoms with Gasteiger partial charge in [0, 0.05) is 0 Å². The monoisotopic (exact) mass is 332 g/mol. The van der Waals surface area contributed by atoms with E-state index >= 15 is 0 Å². The fraction of sp³-hybridized carbons (Fsp3) is 0.375. The molecule has 3 nitrogen and oxygen atoms in total. The highest BCUT2D eigenvalue weighted by Crippen LogP contribution is 2.40. The van der Waals surface area contributed by atoms with E-state index in [9.17, 15) is 4.79 Å². The number of carbonyl (C=O) groups is 1. The standard InChI is InChI=1S/C16H17BrN2O/c1-10-13-12(9-16(2,3)15(17)14(13)20)19(18-10)11-7-5-4-6-8-11/h4-8,15H,9H2,1-3H3. The minimum Gasteiger partial charge on any atom is -0.293 e. The number of hydrogen-bond acceptors (Lipinski definition) is 2. The molecule has 3 rings (SSSR count). The van der Waals surface area contributed by atoms with E-state index in [1.54, 1.807) is 0 Å². The Bertz CT molecular complexity index is 673. The normalized spacial score (nSPS) is 20.8. The van der Waals surface area contributed by atoms with Gasteiger partial charge in [-0.1, -0.05) is 48.0 Å². The molecule has 0 saturated carbocycles. The molecule has 0 spiro atoms. The van der Waals surface area contributed by atoms with E-state index in [2.05, 4.69) is 34.9 Å². The molecular formula is C16H17BrN2O. The average molecular weight is 333 g/mol. The van der Waals surface area contributed by atoms with Gasteiger partial charge in [-0.3, -0.25) is 4.79 Å². The van der Waals surface area contributed by atoms with Gasteiger partial charge in [-0.25, -0.2) is 4.68 Å². The van der Waals surface area contributed by atoms with Gasteiger partial charge in [0.1, 0.15) is 0 Å². The van der Waals surface area contributed by atoms with Crippen LogP contribution in [0.2, 0.25) is 0 Å². The third-order valence-corrected chi connectivity index (χ3v) is 5.60. The Balaban J connectivity index is 2.21. The third-order valence-electron chi connectivity index (χ3n) is 3.94. The van der Waals surface area contributed by atoms with Crippen molar-refractivity contribution in [2.45, 2.75) is 32.0 Å². The zero-order chi connectivity index (χ0) is 14.5. The molecule has 1 aromatic heterocycles. The van der Waals surface area contributed by atoms with E-state index in [1.165, 1.54) is 0 Å². The van der Waals surface area contributed by atoms with Crippen molar-refractivity contribution in [2.75, 3.05) is 0 Å². The number of aryl methyl sites for hydroxylation is 1. The van der Waals surface area contributed by atoms with Crippen molar-refractivity contribution >= 4 is 21.7 Å². The second-order valence-electron chi connectivity index (χ2n) is 6.05. The molecule has 0 bridgehead atoms. The summed E-state index contributed by atoms with van der Waals surface area (Å²) in [7, 11) is 0. The van der Waals surface area contributed by atoms with Gasteiger partial charge in [0.25, 0.3) is 0 Å². The summed E-state index contributed by atoms with van der Waals surface area (Å²) in [5.41, 5.74) is 3.53. The number of Topliss-reactive ketones (excluding diaryl/α,β-unsaturated/α-hetero) is 1. The lowest BCUT2D eigenvalue weighted by atomic mass is 9.75. The number of nitrogens with zero attached hydrogens (tertiary/aromatic N) is 2. The van der Waals surface area contributed by atoms with Crippen LogP contribution in [0.15, 0.2) is 30.3 Å². The van der Waals surface area contributed by atoms with Gasteiger partial charge in [-0.2, -0.15) is 5.10 Å². The molecule has 4 heteroatoms. The maximum absolute atomic E-state index is 12.6. The van der Waals surface area contributed by atoms with Crippen molar-refractivity contribution in [3.05, 3.63) is 47.3 Å². The number of alkyl halides is 1. The topological polar surface area (TPSA) is 34.9 Å². The molecule has 0 radical (unpaired) electrons. The van der Waals surface area contributed by atoms with Gasteiger partial charge in [-0.05, 0) is 30.9 Å². The summed E-state index contributed by atoms with van der Waals surface area (Å²) in [6.07, 6.45) is 0.833. The van der Waals surface area contributed by atoms with Crippen LogP contribution in [0.1, 0.15) is 35.6 Å². The first-order chi connectivity index (χ1) is 9.42. The van der Waals surface area contributed by atoms with E-state index in [1.807, 2.05) is 41.9 Å². The second kappa shape index (κ2) is 4.55. The molecule has 1 heterocycles. The lowest BCUT2D eigenvalue weighted by Gasteiger charge is -2.34. The average Bonchev–Trinajstić information content (AvgIpc) is 2.73. The predicted octanol–water partition coefficient (Wildman–Crippen LogP) is 3.71. The van der Waals surface area contributed by atoms with Gasteiger partial charge in [0.15, 0.2) is 5.78 Å². The molecule has 1 unspecified atom stereocenters. The Labute approximate surface area is 127 Å². The summed E-state index contributed by atoms with van der Waals surface area (Å²) < 4.78 is 1.92. The number of benzene rings is 1. The van der Waals surface area contributed by atoms with Crippen LogP contribution in [0.4, 0.5) is 0 Å². The molecule has 0 saturated heterocycles. The van der Waals surface area contributed by atoms with Crippen LogP contribution in [-0.2, 0) is 6.42 Å². The molecule has 1 aromatic carbocycles. The van der Waals surface area contributed by atoms with E-state index in [-0.39, 0.29) is 16.0 Å². The quantitative estimate of drug-likeness (QED) is 0.746. The number of halogens is 1. The maximum atomic E-state index is 12.6.